The molecule has 0 bridgehead atoms. The molecule has 0 atom stereocenters. The van der Waals surface area contributed by atoms with Crippen LogP contribution in [0.4, 0.5) is 15.8 Å². The van der Waals surface area contributed by atoms with Gasteiger partial charge in [-0.3, -0.25) is 14.4 Å². The van der Waals surface area contributed by atoms with Gasteiger partial charge in [0.1, 0.15) is 5.82 Å². The van der Waals surface area contributed by atoms with Gasteiger partial charge in [-0.1, -0.05) is 5.92 Å². The van der Waals surface area contributed by atoms with Crippen LogP contribution < -0.4 is 16.1 Å². The maximum Gasteiger partial charge on any atom is 0.276 e. The van der Waals surface area contributed by atoms with E-state index in [1.165, 1.54) is 24.3 Å². The molecule has 2 aromatic carbocycles. The number of halogens is 1. The van der Waals surface area contributed by atoms with Gasteiger partial charge >= 0.3 is 0 Å². The predicted molar refractivity (Wildman–Crippen MR) is 95.7 cm³/mol. The quantitative estimate of drug-likeness (QED) is 0.351. The van der Waals surface area contributed by atoms with Gasteiger partial charge in [0.05, 0.1) is 30.2 Å². The first-order valence-electron chi connectivity index (χ1n) is 8.04. The minimum absolute atomic E-state index is 0.0817. The van der Waals surface area contributed by atoms with Crippen molar-refractivity contribution in [2.75, 3.05) is 18.5 Å². The number of nitrogens with one attached hydrogen (secondary N) is 3. The molecule has 8 heteroatoms. The highest BCUT2D eigenvalue weighted by Crippen LogP contribution is 2.29. The van der Waals surface area contributed by atoms with Gasteiger partial charge in [-0.15, -0.1) is 6.42 Å². The smallest absolute Gasteiger partial charge is 0.276 e. The Morgan fingerprint density at radius 3 is 2.85 bits per heavy atom. The number of terminal acetylenes is 1. The van der Waals surface area contributed by atoms with Gasteiger partial charge in [-0.05, 0) is 35.9 Å². The van der Waals surface area contributed by atoms with Gasteiger partial charge in [0.25, 0.3) is 11.8 Å². The Bertz CT molecular complexity index is 953. The summed E-state index contributed by atoms with van der Waals surface area (Å²) < 4.78 is 14.3. The third-order valence-electron chi connectivity index (χ3n) is 3.94. The number of carbonyl (C=O) groups excluding carboxylic acids is 2. The molecule has 7 nitrogen and oxygen atoms in total. The summed E-state index contributed by atoms with van der Waals surface area (Å²) in [5, 5.41) is 14.2. The van der Waals surface area contributed by atoms with E-state index in [0.29, 0.717) is 16.7 Å². The first kappa shape index (κ1) is 18.4. The Balaban J connectivity index is 1.97. The van der Waals surface area contributed by atoms with Crippen LogP contribution in [0.3, 0.4) is 0 Å². The molecule has 2 amide bonds. The zero-order valence-corrected chi connectivity index (χ0v) is 14.1. The number of benzene rings is 2. The monoisotopic (exact) mass is 369 g/mol. The zero-order valence-electron chi connectivity index (χ0n) is 14.1. The number of hydrogen-bond acceptors (Lipinski definition) is 5. The van der Waals surface area contributed by atoms with Gasteiger partial charge in [-0.2, -0.15) is 0 Å². The molecule has 3 rings (SSSR count). The SMILES string of the molecule is C#Cc1ccc(Nc2cc3c(cc2C(=O)NOCCO)CNC3=O)c(F)c1. The van der Waals surface area contributed by atoms with Gasteiger partial charge in [-0.25, -0.2) is 9.87 Å². The molecule has 1 aliphatic heterocycles. The largest absolute Gasteiger partial charge is 0.394 e. The molecule has 1 heterocycles. The van der Waals surface area contributed by atoms with Crippen molar-refractivity contribution < 1.29 is 23.9 Å². The number of amides is 2. The molecule has 138 valence electrons. The number of hydroxylamine groups is 1. The summed E-state index contributed by atoms with van der Waals surface area (Å²) in [6.45, 7) is -0.0557. The number of carbonyl (C=O) groups is 2. The molecule has 4 N–H and O–H groups in total. The van der Waals surface area contributed by atoms with Crippen molar-refractivity contribution in [3.63, 3.8) is 0 Å². The predicted octanol–water partition coefficient (Wildman–Crippen LogP) is 1.45. The lowest BCUT2D eigenvalue weighted by atomic mass is 10.0. The molecule has 0 radical (unpaired) electrons. The molecule has 2 aromatic rings. The molecule has 0 aromatic heterocycles. The van der Waals surface area contributed by atoms with Gasteiger partial charge in [0, 0.05) is 17.7 Å². The average molecular weight is 369 g/mol. The Kier molecular flexibility index (Phi) is 5.35. The minimum atomic E-state index is -0.603. The van der Waals surface area contributed by atoms with E-state index >= 15 is 0 Å². The van der Waals surface area contributed by atoms with E-state index in [1.807, 2.05) is 0 Å². The maximum absolute atomic E-state index is 14.3. The second kappa shape index (κ2) is 7.86. The lowest BCUT2D eigenvalue weighted by Crippen LogP contribution is -2.26. The van der Waals surface area contributed by atoms with E-state index in [9.17, 15) is 14.0 Å². The van der Waals surface area contributed by atoms with Crippen molar-refractivity contribution in [3.8, 4) is 12.3 Å². The lowest BCUT2D eigenvalue weighted by Gasteiger charge is -2.14. The van der Waals surface area contributed by atoms with Crippen LogP contribution in [0.1, 0.15) is 31.8 Å². The highest BCUT2D eigenvalue weighted by molar-refractivity contribution is 6.05. The van der Waals surface area contributed by atoms with Crippen molar-refractivity contribution >= 4 is 23.2 Å². The molecule has 0 fully saturated rings. The summed E-state index contributed by atoms with van der Waals surface area (Å²) in [7, 11) is 0. The highest BCUT2D eigenvalue weighted by Gasteiger charge is 2.24. The van der Waals surface area contributed by atoms with Crippen molar-refractivity contribution in [1.82, 2.24) is 10.8 Å². The van der Waals surface area contributed by atoms with E-state index in [0.717, 1.165) is 0 Å². The number of anilines is 2. The molecule has 0 spiro atoms. The minimum Gasteiger partial charge on any atom is -0.394 e. The summed E-state index contributed by atoms with van der Waals surface area (Å²) in [5.41, 5.74) is 4.08. The van der Waals surface area contributed by atoms with Crippen LogP contribution in [-0.2, 0) is 11.4 Å². The van der Waals surface area contributed by atoms with Gasteiger partial charge in [0.15, 0.2) is 0 Å². The average Bonchev–Trinajstić information content (AvgIpc) is 3.03. The Morgan fingerprint density at radius 2 is 2.15 bits per heavy atom. The molecular weight excluding hydrogens is 353 g/mol. The third-order valence-corrected chi connectivity index (χ3v) is 3.94. The second-order valence-corrected chi connectivity index (χ2v) is 5.70. The topological polar surface area (TPSA) is 99.7 Å². The molecule has 0 saturated heterocycles. The first-order chi connectivity index (χ1) is 13.0. The summed E-state index contributed by atoms with van der Waals surface area (Å²) in [5.74, 6) is 0.855. The van der Waals surface area contributed by atoms with Gasteiger partial charge in [0.2, 0.25) is 0 Å². The maximum atomic E-state index is 14.3. The van der Waals surface area contributed by atoms with E-state index in [4.69, 9.17) is 16.4 Å². The molecule has 0 saturated carbocycles. The van der Waals surface area contributed by atoms with Crippen LogP contribution in [-0.4, -0.2) is 30.1 Å². The first-order valence-corrected chi connectivity index (χ1v) is 8.04. The summed E-state index contributed by atoms with van der Waals surface area (Å²) in [4.78, 5) is 29.2. The number of aliphatic hydroxyl groups is 1. The third kappa shape index (κ3) is 3.89. The molecule has 1 aliphatic rings. The number of rotatable bonds is 6. The van der Waals surface area contributed by atoms with E-state index < -0.39 is 11.7 Å². The highest BCUT2D eigenvalue weighted by atomic mass is 19.1. The van der Waals surface area contributed by atoms with Gasteiger partial charge < -0.3 is 15.7 Å². The van der Waals surface area contributed by atoms with E-state index in [1.54, 1.807) is 6.07 Å². The normalized spacial score (nSPS) is 12.1. The Hall–Kier alpha value is -3.41. The fraction of sp³-hybridized carbons (Fsp3) is 0.158. The standard InChI is InChI=1S/C19H16FN3O4/c1-2-11-3-4-16(15(20)7-11)22-17-9-13-12(10-21-18(13)25)8-14(17)19(26)23-27-6-5-24/h1,3-4,7-9,22,24H,5-6,10H2,(H,21,25)(H,23,26). The summed E-state index contributed by atoms with van der Waals surface area (Å²) in [6, 6.07) is 7.19. The van der Waals surface area contributed by atoms with Crippen LogP contribution >= 0.6 is 0 Å². The van der Waals surface area contributed by atoms with E-state index in [-0.39, 0.29) is 42.6 Å². The Morgan fingerprint density at radius 1 is 1.33 bits per heavy atom. The van der Waals surface area contributed by atoms with Crippen LogP contribution in [0.5, 0.6) is 0 Å². The lowest BCUT2D eigenvalue weighted by molar-refractivity contribution is 0.0169. The van der Waals surface area contributed by atoms with E-state index in [2.05, 4.69) is 22.0 Å². The van der Waals surface area contributed by atoms with Crippen LogP contribution in [0.25, 0.3) is 0 Å². The van der Waals surface area contributed by atoms with Crippen LogP contribution in [0, 0.1) is 18.2 Å². The Labute approximate surface area is 154 Å². The molecule has 27 heavy (non-hydrogen) atoms. The summed E-state index contributed by atoms with van der Waals surface area (Å²) >= 11 is 0. The van der Waals surface area contributed by atoms with Crippen molar-refractivity contribution in [2.24, 2.45) is 0 Å². The van der Waals surface area contributed by atoms with Crippen molar-refractivity contribution in [1.29, 1.82) is 0 Å². The van der Waals surface area contributed by atoms with Crippen LogP contribution in [0.2, 0.25) is 0 Å². The van der Waals surface area contributed by atoms with Crippen LogP contribution in [0.15, 0.2) is 30.3 Å². The second-order valence-electron chi connectivity index (χ2n) is 5.70. The fourth-order valence-corrected chi connectivity index (χ4v) is 2.63. The number of hydrogen-bond donors (Lipinski definition) is 4. The molecule has 0 aliphatic carbocycles. The molecular formula is C19H16FN3O4. The zero-order chi connectivity index (χ0) is 19.4. The summed E-state index contributed by atoms with van der Waals surface area (Å²) in [6.07, 6.45) is 5.25. The van der Waals surface area contributed by atoms with Crippen molar-refractivity contribution in [3.05, 3.63) is 58.4 Å². The molecule has 0 unspecified atom stereocenters. The van der Waals surface area contributed by atoms with Crippen molar-refractivity contribution in [2.45, 2.75) is 6.54 Å². The number of fused-ring (bicyclic) bond motifs is 1. The number of aliphatic hydroxyl groups excluding tert-OH is 1. The fourth-order valence-electron chi connectivity index (χ4n) is 2.63.